The topological polar surface area (TPSA) is 85.2 Å². The number of carbonyl (C=O) groups is 2. The van der Waals surface area contributed by atoms with Crippen LogP contribution in [0, 0.1) is 0 Å². The molecule has 0 spiro atoms. The molecule has 1 amide bonds. The van der Waals surface area contributed by atoms with Crippen molar-refractivity contribution in [3.8, 4) is 0 Å². The second kappa shape index (κ2) is 6.30. The summed E-state index contributed by atoms with van der Waals surface area (Å²) in [4.78, 5) is 25.2. The lowest BCUT2D eigenvalue weighted by molar-refractivity contribution is -0.199. The van der Waals surface area contributed by atoms with Crippen molar-refractivity contribution in [2.45, 2.75) is 25.4 Å². The number of halogens is 6. The van der Waals surface area contributed by atoms with Crippen molar-refractivity contribution in [2.75, 3.05) is 18.5 Å². The largest absolute Gasteiger partial charge is 0.490 e. The fraction of sp³-hybridized carbons (Fsp3) is 0.545. The monoisotopic (exact) mass is 360 g/mol. The number of hydrogen-bond donors (Lipinski definition) is 2. The lowest BCUT2D eigenvalue weighted by Crippen LogP contribution is -2.31. The molecule has 0 radical (unpaired) electrons. The molecule has 2 heterocycles. The average Bonchev–Trinajstić information content (AvgIpc) is 2.83. The van der Waals surface area contributed by atoms with Gasteiger partial charge in [0.15, 0.2) is 12.4 Å². The van der Waals surface area contributed by atoms with Gasteiger partial charge in [-0.1, -0.05) is 0 Å². The van der Waals surface area contributed by atoms with Crippen LogP contribution in [0.3, 0.4) is 0 Å². The van der Waals surface area contributed by atoms with Gasteiger partial charge in [-0.05, 0) is 0 Å². The first-order chi connectivity index (χ1) is 11.0. The number of hydrogen-bond acceptors (Lipinski definition) is 5. The Hall–Kier alpha value is -2.31. The number of fused-ring (bicyclic) bond motifs is 1. The number of ether oxygens (including phenoxy) is 1. The van der Waals surface area contributed by atoms with Crippen LogP contribution in [-0.2, 0) is 33.6 Å². The Balaban J connectivity index is 2.11. The van der Waals surface area contributed by atoms with Gasteiger partial charge in [-0.3, -0.25) is 4.79 Å². The third-order valence-corrected chi connectivity index (χ3v) is 2.95. The Morgan fingerprint density at radius 3 is 2.50 bits per heavy atom. The number of nitrogens with one attached hydrogen (secondary N) is 2. The standard InChI is InChI=1S/C11H10F6N4O3/c12-10(13,14)8-20-7(5-3-18-1-2-21(5)8)19-6(22)4-24-9(23)11(15,16)17/h18H,1-4H2,(H,19,22). The van der Waals surface area contributed by atoms with Crippen molar-refractivity contribution in [3.05, 3.63) is 11.5 Å². The number of imidazole rings is 1. The number of rotatable bonds is 3. The second-order valence-electron chi connectivity index (χ2n) is 4.68. The van der Waals surface area contributed by atoms with E-state index >= 15 is 0 Å². The molecule has 1 aromatic heterocycles. The van der Waals surface area contributed by atoms with E-state index in [1.807, 2.05) is 5.32 Å². The van der Waals surface area contributed by atoms with E-state index in [4.69, 9.17) is 0 Å². The molecule has 7 nitrogen and oxygen atoms in total. The second-order valence-corrected chi connectivity index (χ2v) is 4.68. The normalized spacial score (nSPS) is 14.9. The molecule has 24 heavy (non-hydrogen) atoms. The van der Waals surface area contributed by atoms with Crippen molar-refractivity contribution < 1.29 is 40.7 Å². The van der Waals surface area contributed by atoms with E-state index in [-0.39, 0.29) is 25.3 Å². The van der Waals surface area contributed by atoms with Crippen LogP contribution >= 0.6 is 0 Å². The van der Waals surface area contributed by atoms with Gasteiger partial charge in [-0.15, -0.1) is 0 Å². The minimum Gasteiger partial charge on any atom is -0.449 e. The van der Waals surface area contributed by atoms with Gasteiger partial charge in [0.1, 0.15) is 0 Å². The van der Waals surface area contributed by atoms with Gasteiger partial charge in [0.25, 0.3) is 5.91 Å². The summed E-state index contributed by atoms with van der Waals surface area (Å²) < 4.78 is 79.1. The van der Waals surface area contributed by atoms with Crippen LogP contribution in [0.25, 0.3) is 0 Å². The van der Waals surface area contributed by atoms with Gasteiger partial charge in [0, 0.05) is 19.6 Å². The molecule has 0 atom stereocenters. The molecule has 2 N–H and O–H groups in total. The van der Waals surface area contributed by atoms with Crippen LogP contribution in [0.1, 0.15) is 11.5 Å². The van der Waals surface area contributed by atoms with Crippen LogP contribution in [0.2, 0.25) is 0 Å². The predicted octanol–water partition coefficient (Wildman–Crippen LogP) is 1.05. The number of nitrogens with zero attached hydrogens (tertiary/aromatic N) is 2. The maximum Gasteiger partial charge on any atom is 0.490 e. The molecule has 0 fully saturated rings. The molecule has 13 heteroatoms. The summed E-state index contributed by atoms with van der Waals surface area (Å²) in [6.07, 6.45) is -10.0. The third-order valence-electron chi connectivity index (χ3n) is 2.95. The van der Waals surface area contributed by atoms with Crippen molar-refractivity contribution in [2.24, 2.45) is 0 Å². The summed E-state index contributed by atoms with van der Waals surface area (Å²) in [5, 5.41) is 4.69. The van der Waals surface area contributed by atoms with Gasteiger partial charge in [0.05, 0.1) is 5.69 Å². The first-order valence-corrected chi connectivity index (χ1v) is 6.41. The van der Waals surface area contributed by atoms with E-state index in [1.165, 1.54) is 0 Å². The molecular formula is C11H10F6N4O3. The highest BCUT2D eigenvalue weighted by atomic mass is 19.4. The van der Waals surface area contributed by atoms with Crippen molar-refractivity contribution in [3.63, 3.8) is 0 Å². The first kappa shape index (κ1) is 18.0. The number of anilines is 1. The zero-order valence-corrected chi connectivity index (χ0v) is 11.7. The highest BCUT2D eigenvalue weighted by Gasteiger charge is 2.42. The lowest BCUT2D eigenvalue weighted by atomic mass is 10.3. The molecule has 0 saturated carbocycles. The van der Waals surface area contributed by atoms with Gasteiger partial charge in [0.2, 0.25) is 5.82 Å². The molecule has 1 aromatic rings. The van der Waals surface area contributed by atoms with Crippen LogP contribution in [-0.4, -0.2) is 40.8 Å². The van der Waals surface area contributed by atoms with Gasteiger partial charge in [-0.25, -0.2) is 9.78 Å². The van der Waals surface area contributed by atoms with Crippen molar-refractivity contribution >= 4 is 17.7 Å². The average molecular weight is 360 g/mol. The highest BCUT2D eigenvalue weighted by Crippen LogP contribution is 2.32. The molecule has 0 bridgehead atoms. The first-order valence-electron chi connectivity index (χ1n) is 6.41. The molecule has 0 aromatic carbocycles. The molecule has 0 saturated heterocycles. The van der Waals surface area contributed by atoms with Gasteiger partial charge < -0.3 is 19.9 Å². The van der Waals surface area contributed by atoms with E-state index in [2.05, 4.69) is 15.0 Å². The molecule has 2 rings (SSSR count). The van der Waals surface area contributed by atoms with Crippen LogP contribution in [0.5, 0.6) is 0 Å². The quantitative estimate of drug-likeness (QED) is 0.622. The number of esters is 1. The fourth-order valence-electron chi connectivity index (χ4n) is 2.00. The van der Waals surface area contributed by atoms with E-state index in [1.54, 1.807) is 0 Å². The molecule has 0 aliphatic carbocycles. The van der Waals surface area contributed by atoms with Crippen LogP contribution in [0.15, 0.2) is 0 Å². The number of aromatic nitrogens is 2. The summed E-state index contributed by atoms with van der Waals surface area (Å²) in [5.74, 6) is -5.51. The van der Waals surface area contributed by atoms with Crippen LogP contribution in [0.4, 0.5) is 32.2 Å². The minimum atomic E-state index is -5.28. The Morgan fingerprint density at radius 2 is 1.92 bits per heavy atom. The lowest BCUT2D eigenvalue weighted by Gasteiger charge is -2.19. The summed E-state index contributed by atoms with van der Waals surface area (Å²) in [6, 6.07) is 0. The number of alkyl halides is 6. The summed E-state index contributed by atoms with van der Waals surface area (Å²) in [5.41, 5.74) is 0.0177. The number of carbonyl (C=O) groups excluding carboxylic acids is 2. The Kier molecular flexibility index (Phi) is 4.73. The smallest absolute Gasteiger partial charge is 0.449 e. The van der Waals surface area contributed by atoms with Crippen molar-refractivity contribution in [1.82, 2.24) is 14.9 Å². The predicted molar refractivity (Wildman–Crippen MR) is 64.6 cm³/mol. The van der Waals surface area contributed by atoms with Gasteiger partial charge in [-0.2, -0.15) is 26.3 Å². The summed E-state index contributed by atoms with van der Waals surface area (Å²) >= 11 is 0. The highest BCUT2D eigenvalue weighted by molar-refractivity contribution is 5.92. The third kappa shape index (κ3) is 3.96. The molecule has 134 valence electrons. The summed E-state index contributed by atoms with van der Waals surface area (Å²) in [7, 11) is 0. The Morgan fingerprint density at radius 1 is 1.25 bits per heavy atom. The molecule has 1 aliphatic heterocycles. The maximum atomic E-state index is 12.9. The molecular weight excluding hydrogens is 350 g/mol. The zero-order chi connectivity index (χ0) is 18.1. The van der Waals surface area contributed by atoms with E-state index < -0.39 is 42.5 Å². The zero-order valence-electron chi connectivity index (χ0n) is 11.7. The summed E-state index contributed by atoms with van der Waals surface area (Å²) in [6.45, 7) is -1.13. The SMILES string of the molecule is O=C(COC(=O)C(F)(F)F)Nc1nc(C(F)(F)F)n2c1CNCC2. The molecule has 0 unspecified atom stereocenters. The van der Waals surface area contributed by atoms with Crippen molar-refractivity contribution in [1.29, 1.82) is 0 Å². The Bertz CT molecular complexity index is 651. The van der Waals surface area contributed by atoms with Gasteiger partial charge >= 0.3 is 18.3 Å². The molecule has 1 aliphatic rings. The Labute approximate surface area is 130 Å². The maximum absolute atomic E-state index is 12.9. The van der Waals surface area contributed by atoms with E-state index in [0.717, 1.165) is 4.57 Å². The van der Waals surface area contributed by atoms with E-state index in [0.29, 0.717) is 0 Å². The fourth-order valence-corrected chi connectivity index (χ4v) is 2.00. The number of amides is 1. The minimum absolute atomic E-state index is 0.0177. The van der Waals surface area contributed by atoms with Crippen LogP contribution < -0.4 is 10.6 Å². The van der Waals surface area contributed by atoms with E-state index in [9.17, 15) is 35.9 Å².